The molecule has 0 saturated carbocycles. The Balaban J connectivity index is 2.26. The highest BCUT2D eigenvalue weighted by molar-refractivity contribution is 7.99. The number of benzene rings is 1. The van der Waals surface area contributed by atoms with Gasteiger partial charge in [0.1, 0.15) is 10.8 Å². The average molecular weight is 231 g/mol. The lowest BCUT2D eigenvalue weighted by Gasteiger charge is -2.05. The molecular formula is C12H13N3S. The van der Waals surface area contributed by atoms with Crippen LogP contribution in [0.25, 0.3) is 0 Å². The summed E-state index contributed by atoms with van der Waals surface area (Å²) in [5, 5.41) is 0.864. The molecule has 0 unspecified atom stereocenters. The second-order valence-corrected chi connectivity index (χ2v) is 4.71. The fourth-order valence-electron chi connectivity index (χ4n) is 1.31. The van der Waals surface area contributed by atoms with Crippen molar-refractivity contribution in [2.24, 2.45) is 0 Å². The van der Waals surface area contributed by atoms with E-state index in [4.69, 9.17) is 5.73 Å². The number of nitrogens with zero attached hydrogens (tertiary/aromatic N) is 2. The number of aromatic nitrogens is 2. The number of aryl methyl sites for hydroxylation is 2. The predicted molar refractivity (Wildman–Crippen MR) is 66.5 cm³/mol. The zero-order valence-corrected chi connectivity index (χ0v) is 10.1. The number of hydrogen-bond acceptors (Lipinski definition) is 4. The Morgan fingerprint density at radius 3 is 2.62 bits per heavy atom. The molecule has 0 aliphatic heterocycles. The van der Waals surface area contributed by atoms with Crippen molar-refractivity contribution in [3.05, 3.63) is 41.7 Å². The van der Waals surface area contributed by atoms with E-state index in [1.54, 1.807) is 24.2 Å². The highest BCUT2D eigenvalue weighted by Crippen LogP contribution is 2.29. The van der Waals surface area contributed by atoms with Crippen LogP contribution in [0.3, 0.4) is 0 Å². The fraction of sp³-hybridized carbons (Fsp3) is 0.167. The monoisotopic (exact) mass is 231 g/mol. The maximum absolute atomic E-state index is 5.49. The molecule has 0 saturated heterocycles. The van der Waals surface area contributed by atoms with Gasteiger partial charge in [0.2, 0.25) is 0 Å². The Morgan fingerprint density at radius 1 is 1.12 bits per heavy atom. The molecule has 0 aliphatic carbocycles. The number of hydrogen-bond donors (Lipinski definition) is 1. The molecule has 4 heteroatoms. The van der Waals surface area contributed by atoms with Crippen molar-refractivity contribution in [3.63, 3.8) is 0 Å². The van der Waals surface area contributed by atoms with Gasteiger partial charge in [0.25, 0.3) is 0 Å². The van der Waals surface area contributed by atoms with Crippen LogP contribution in [0.5, 0.6) is 0 Å². The van der Waals surface area contributed by atoms with Crippen molar-refractivity contribution in [3.8, 4) is 0 Å². The molecule has 0 atom stereocenters. The molecule has 2 rings (SSSR count). The van der Waals surface area contributed by atoms with Crippen molar-refractivity contribution < 1.29 is 0 Å². The van der Waals surface area contributed by atoms with Crippen LogP contribution in [0.4, 0.5) is 5.82 Å². The van der Waals surface area contributed by atoms with Crippen LogP contribution in [0.2, 0.25) is 0 Å². The standard InChI is InChI=1S/C12H13N3S/c1-8-3-4-9(2)10(5-8)16-12-7-14-11(13)6-15-12/h3-7H,1-2H3,(H2,13,14). The van der Waals surface area contributed by atoms with Crippen molar-refractivity contribution in [2.45, 2.75) is 23.8 Å². The molecule has 82 valence electrons. The Bertz CT molecular complexity index is 494. The topological polar surface area (TPSA) is 51.8 Å². The Morgan fingerprint density at radius 2 is 1.94 bits per heavy atom. The molecule has 2 N–H and O–H groups in total. The Hall–Kier alpha value is -1.55. The summed E-state index contributed by atoms with van der Waals surface area (Å²) in [7, 11) is 0. The van der Waals surface area contributed by atoms with Gasteiger partial charge in [0, 0.05) is 4.90 Å². The summed E-state index contributed by atoms with van der Waals surface area (Å²) in [6, 6.07) is 6.37. The SMILES string of the molecule is Cc1ccc(C)c(Sc2cnc(N)cn2)c1. The van der Waals surface area contributed by atoms with E-state index in [0.717, 1.165) is 5.03 Å². The van der Waals surface area contributed by atoms with Crippen molar-refractivity contribution in [1.29, 1.82) is 0 Å². The van der Waals surface area contributed by atoms with Crippen LogP contribution < -0.4 is 5.73 Å². The van der Waals surface area contributed by atoms with E-state index in [1.165, 1.54) is 16.0 Å². The van der Waals surface area contributed by atoms with Gasteiger partial charge < -0.3 is 5.73 Å². The lowest BCUT2D eigenvalue weighted by Crippen LogP contribution is -1.91. The molecule has 1 aromatic carbocycles. The molecular weight excluding hydrogens is 218 g/mol. The molecule has 16 heavy (non-hydrogen) atoms. The molecule has 0 spiro atoms. The molecule has 0 aliphatic rings. The largest absolute Gasteiger partial charge is 0.382 e. The summed E-state index contributed by atoms with van der Waals surface area (Å²) in [6.07, 6.45) is 3.27. The number of nitrogens with two attached hydrogens (primary N) is 1. The average Bonchev–Trinajstić information content (AvgIpc) is 2.27. The molecule has 2 aromatic rings. The first-order chi connectivity index (χ1) is 7.65. The van der Waals surface area contributed by atoms with Gasteiger partial charge in [-0.05, 0) is 31.0 Å². The number of anilines is 1. The first-order valence-electron chi connectivity index (χ1n) is 4.98. The summed E-state index contributed by atoms with van der Waals surface area (Å²) >= 11 is 1.61. The summed E-state index contributed by atoms with van der Waals surface area (Å²) in [6.45, 7) is 4.17. The van der Waals surface area contributed by atoms with Crippen LogP contribution in [-0.4, -0.2) is 9.97 Å². The minimum Gasteiger partial charge on any atom is -0.382 e. The van der Waals surface area contributed by atoms with Gasteiger partial charge in [-0.25, -0.2) is 9.97 Å². The van der Waals surface area contributed by atoms with E-state index in [-0.39, 0.29) is 0 Å². The fourth-order valence-corrected chi connectivity index (χ4v) is 2.22. The summed E-state index contributed by atoms with van der Waals surface area (Å²) in [5.41, 5.74) is 7.98. The van der Waals surface area contributed by atoms with Crippen LogP contribution in [0, 0.1) is 13.8 Å². The van der Waals surface area contributed by atoms with E-state index in [1.807, 2.05) is 0 Å². The smallest absolute Gasteiger partial charge is 0.141 e. The van der Waals surface area contributed by atoms with Crippen molar-refractivity contribution >= 4 is 17.6 Å². The molecule has 0 amide bonds. The minimum atomic E-state index is 0.449. The van der Waals surface area contributed by atoms with Crippen LogP contribution >= 0.6 is 11.8 Å². The van der Waals surface area contributed by atoms with Gasteiger partial charge in [-0.15, -0.1) is 0 Å². The first kappa shape index (κ1) is 11.0. The molecule has 1 aromatic heterocycles. The van der Waals surface area contributed by atoms with Crippen LogP contribution in [0.15, 0.2) is 40.5 Å². The van der Waals surface area contributed by atoms with Gasteiger partial charge in [-0.1, -0.05) is 23.9 Å². The Labute approximate surface area is 99.1 Å². The van der Waals surface area contributed by atoms with Gasteiger partial charge in [-0.2, -0.15) is 0 Å². The van der Waals surface area contributed by atoms with Crippen LogP contribution in [0.1, 0.15) is 11.1 Å². The molecule has 0 bridgehead atoms. The van der Waals surface area contributed by atoms with Gasteiger partial charge in [0.15, 0.2) is 0 Å². The van der Waals surface area contributed by atoms with E-state index < -0.39 is 0 Å². The van der Waals surface area contributed by atoms with E-state index in [2.05, 4.69) is 42.0 Å². The van der Waals surface area contributed by atoms with E-state index in [0.29, 0.717) is 5.82 Å². The predicted octanol–water partition coefficient (Wildman–Crippen LogP) is 2.83. The van der Waals surface area contributed by atoms with E-state index in [9.17, 15) is 0 Å². The number of rotatable bonds is 2. The number of nitrogen functional groups attached to an aromatic ring is 1. The Kier molecular flexibility index (Phi) is 3.10. The quantitative estimate of drug-likeness (QED) is 0.863. The summed E-state index contributed by atoms with van der Waals surface area (Å²) in [4.78, 5) is 9.45. The first-order valence-corrected chi connectivity index (χ1v) is 5.79. The zero-order chi connectivity index (χ0) is 11.5. The molecule has 0 fully saturated rings. The van der Waals surface area contributed by atoms with Gasteiger partial charge >= 0.3 is 0 Å². The third kappa shape index (κ3) is 2.52. The lowest BCUT2D eigenvalue weighted by atomic mass is 10.2. The second kappa shape index (κ2) is 4.53. The molecule has 1 heterocycles. The van der Waals surface area contributed by atoms with Gasteiger partial charge in [0.05, 0.1) is 12.4 Å². The van der Waals surface area contributed by atoms with Crippen molar-refractivity contribution in [2.75, 3.05) is 5.73 Å². The second-order valence-electron chi connectivity index (χ2n) is 3.65. The van der Waals surface area contributed by atoms with Gasteiger partial charge in [-0.3, -0.25) is 0 Å². The highest BCUT2D eigenvalue weighted by atomic mass is 32.2. The summed E-state index contributed by atoms with van der Waals surface area (Å²) in [5.74, 6) is 0.449. The maximum Gasteiger partial charge on any atom is 0.141 e. The molecule has 3 nitrogen and oxygen atoms in total. The molecule has 0 radical (unpaired) electrons. The maximum atomic E-state index is 5.49. The zero-order valence-electron chi connectivity index (χ0n) is 9.27. The summed E-state index contributed by atoms with van der Waals surface area (Å²) < 4.78 is 0. The normalized spacial score (nSPS) is 10.4. The van der Waals surface area contributed by atoms with E-state index >= 15 is 0 Å². The highest BCUT2D eigenvalue weighted by Gasteiger charge is 2.03. The lowest BCUT2D eigenvalue weighted by molar-refractivity contribution is 1.06. The van der Waals surface area contributed by atoms with Crippen LogP contribution in [-0.2, 0) is 0 Å². The minimum absolute atomic E-state index is 0.449. The third-order valence-corrected chi connectivity index (χ3v) is 3.29. The van der Waals surface area contributed by atoms with Crippen molar-refractivity contribution in [1.82, 2.24) is 9.97 Å². The third-order valence-electron chi connectivity index (χ3n) is 2.21.